The van der Waals surface area contributed by atoms with Gasteiger partial charge in [0.15, 0.2) is 0 Å². The number of carbonyl (C=O) groups excluding carboxylic acids is 1. The van der Waals surface area contributed by atoms with E-state index in [1.165, 1.54) is 0 Å². The van der Waals surface area contributed by atoms with Gasteiger partial charge >= 0.3 is 0 Å². The molecule has 17 heavy (non-hydrogen) atoms. The average Bonchev–Trinajstić information content (AvgIpc) is 2.83. The number of nitrogens with one attached hydrogen (secondary N) is 1. The molecule has 100 valence electrons. The van der Waals surface area contributed by atoms with Gasteiger partial charge in [-0.1, -0.05) is 12.8 Å². The van der Waals surface area contributed by atoms with Gasteiger partial charge in [0.2, 0.25) is 5.91 Å². The molecule has 1 aliphatic carbocycles. The van der Waals surface area contributed by atoms with Crippen LogP contribution in [0.4, 0.5) is 0 Å². The maximum absolute atomic E-state index is 12.1. The number of amides is 1. The molecule has 1 aliphatic rings. The third kappa shape index (κ3) is 4.28. The van der Waals surface area contributed by atoms with Crippen molar-refractivity contribution in [3.8, 4) is 0 Å². The van der Waals surface area contributed by atoms with E-state index in [4.69, 9.17) is 10.5 Å². The lowest BCUT2D eigenvalue weighted by atomic mass is 9.85. The molecule has 0 aromatic heterocycles. The van der Waals surface area contributed by atoms with Crippen LogP contribution in [-0.2, 0) is 9.53 Å². The Hall–Kier alpha value is -0.610. The normalized spacial score (nSPS) is 18.2. The third-order valence-corrected chi connectivity index (χ3v) is 3.74. The number of rotatable bonds is 8. The smallest absolute Gasteiger partial charge is 0.227 e. The summed E-state index contributed by atoms with van der Waals surface area (Å²) in [5.74, 6) is 0.171. The second-order valence-electron chi connectivity index (χ2n) is 5.00. The largest absolute Gasteiger partial charge is 0.385 e. The van der Waals surface area contributed by atoms with E-state index in [1.54, 1.807) is 7.11 Å². The fourth-order valence-corrected chi connectivity index (χ4v) is 2.51. The molecule has 1 saturated carbocycles. The van der Waals surface area contributed by atoms with Crippen molar-refractivity contribution in [3.63, 3.8) is 0 Å². The van der Waals surface area contributed by atoms with Gasteiger partial charge in [0, 0.05) is 26.8 Å². The molecule has 1 amide bonds. The first-order chi connectivity index (χ1) is 8.25. The summed E-state index contributed by atoms with van der Waals surface area (Å²) in [6, 6.07) is 0. The molecule has 0 unspecified atom stereocenters. The predicted molar refractivity (Wildman–Crippen MR) is 68.7 cm³/mol. The van der Waals surface area contributed by atoms with E-state index in [0.29, 0.717) is 6.54 Å². The molecule has 0 aromatic rings. The second kappa shape index (κ2) is 7.67. The number of hydrogen-bond donors (Lipinski definition) is 2. The Bertz CT molecular complexity index is 225. The molecule has 4 heteroatoms. The van der Waals surface area contributed by atoms with Gasteiger partial charge in [0.05, 0.1) is 5.41 Å². The summed E-state index contributed by atoms with van der Waals surface area (Å²) in [5.41, 5.74) is 5.50. The number of methoxy groups -OCH3 is 1. The first-order valence-corrected chi connectivity index (χ1v) is 6.72. The summed E-state index contributed by atoms with van der Waals surface area (Å²) < 4.78 is 4.98. The summed E-state index contributed by atoms with van der Waals surface area (Å²) in [4.78, 5) is 12.1. The van der Waals surface area contributed by atoms with Gasteiger partial charge in [-0.25, -0.2) is 0 Å². The van der Waals surface area contributed by atoms with E-state index < -0.39 is 0 Å². The number of carbonyl (C=O) groups is 1. The topological polar surface area (TPSA) is 64.3 Å². The van der Waals surface area contributed by atoms with Gasteiger partial charge in [0.1, 0.15) is 0 Å². The average molecular weight is 242 g/mol. The van der Waals surface area contributed by atoms with Crippen LogP contribution < -0.4 is 11.1 Å². The number of unbranched alkanes of at least 4 members (excludes halogenated alkanes) is 2. The van der Waals surface area contributed by atoms with Gasteiger partial charge in [0.25, 0.3) is 0 Å². The fraction of sp³-hybridized carbons (Fsp3) is 0.923. The third-order valence-electron chi connectivity index (χ3n) is 3.74. The SMILES string of the molecule is COCCCCCNC(=O)C1(CN)CCCC1. The van der Waals surface area contributed by atoms with Crippen LogP contribution in [0.1, 0.15) is 44.9 Å². The lowest BCUT2D eigenvalue weighted by molar-refractivity contribution is -0.130. The maximum atomic E-state index is 12.1. The maximum Gasteiger partial charge on any atom is 0.227 e. The van der Waals surface area contributed by atoms with Crippen molar-refractivity contribution in [1.82, 2.24) is 5.32 Å². The molecule has 0 spiro atoms. The molecule has 0 atom stereocenters. The molecule has 0 radical (unpaired) electrons. The highest BCUT2D eigenvalue weighted by Crippen LogP contribution is 2.37. The molecule has 4 nitrogen and oxygen atoms in total. The minimum atomic E-state index is -0.257. The van der Waals surface area contributed by atoms with E-state index in [1.807, 2.05) is 0 Å². The first kappa shape index (κ1) is 14.5. The van der Waals surface area contributed by atoms with Crippen molar-refractivity contribution in [3.05, 3.63) is 0 Å². The molecule has 0 aromatic carbocycles. The second-order valence-corrected chi connectivity index (χ2v) is 5.00. The Morgan fingerprint density at radius 3 is 2.59 bits per heavy atom. The van der Waals surface area contributed by atoms with Crippen molar-refractivity contribution >= 4 is 5.91 Å². The van der Waals surface area contributed by atoms with Crippen LogP contribution in [0.3, 0.4) is 0 Å². The highest BCUT2D eigenvalue weighted by atomic mass is 16.5. The lowest BCUT2D eigenvalue weighted by Gasteiger charge is -2.25. The van der Waals surface area contributed by atoms with E-state index in [-0.39, 0.29) is 11.3 Å². The summed E-state index contributed by atoms with van der Waals surface area (Å²) in [7, 11) is 1.72. The molecule has 1 fully saturated rings. The zero-order valence-electron chi connectivity index (χ0n) is 11.0. The van der Waals surface area contributed by atoms with Gasteiger partial charge < -0.3 is 15.8 Å². The van der Waals surface area contributed by atoms with E-state index >= 15 is 0 Å². The molecule has 0 aliphatic heterocycles. The lowest BCUT2D eigenvalue weighted by Crippen LogP contribution is -2.44. The Morgan fingerprint density at radius 1 is 1.29 bits per heavy atom. The van der Waals surface area contributed by atoms with Crippen LogP contribution >= 0.6 is 0 Å². The van der Waals surface area contributed by atoms with E-state index in [2.05, 4.69) is 5.32 Å². The predicted octanol–water partition coefficient (Wildman–Crippen LogP) is 1.44. The summed E-state index contributed by atoms with van der Waals surface area (Å²) >= 11 is 0. The zero-order chi connectivity index (χ0) is 12.6. The highest BCUT2D eigenvalue weighted by molar-refractivity contribution is 5.83. The summed E-state index contributed by atoms with van der Waals surface area (Å²) in [5, 5.41) is 3.03. The minimum absolute atomic E-state index is 0.171. The van der Waals surface area contributed by atoms with Crippen LogP contribution in [-0.4, -0.2) is 32.7 Å². The Kier molecular flexibility index (Phi) is 6.52. The number of nitrogens with two attached hydrogens (primary N) is 1. The number of hydrogen-bond acceptors (Lipinski definition) is 3. The van der Waals surface area contributed by atoms with E-state index in [9.17, 15) is 4.79 Å². The van der Waals surface area contributed by atoms with Gasteiger partial charge in [-0.05, 0) is 32.1 Å². The van der Waals surface area contributed by atoms with Crippen LogP contribution in [0.5, 0.6) is 0 Å². The van der Waals surface area contributed by atoms with Crippen LogP contribution in [0.15, 0.2) is 0 Å². The summed E-state index contributed by atoms with van der Waals surface area (Å²) in [6.45, 7) is 2.06. The molecule has 1 rings (SSSR count). The highest BCUT2D eigenvalue weighted by Gasteiger charge is 2.39. The Morgan fingerprint density at radius 2 is 2.00 bits per heavy atom. The zero-order valence-corrected chi connectivity index (χ0v) is 11.0. The molecule has 0 bridgehead atoms. The van der Waals surface area contributed by atoms with Gasteiger partial charge in [-0.2, -0.15) is 0 Å². The van der Waals surface area contributed by atoms with Crippen molar-refractivity contribution in [1.29, 1.82) is 0 Å². The van der Waals surface area contributed by atoms with Gasteiger partial charge in [-0.15, -0.1) is 0 Å². The molecule has 0 heterocycles. The van der Waals surface area contributed by atoms with Crippen LogP contribution in [0, 0.1) is 5.41 Å². The molecular formula is C13H26N2O2. The molecular weight excluding hydrogens is 216 g/mol. The van der Waals surface area contributed by atoms with Crippen molar-refractivity contribution in [2.45, 2.75) is 44.9 Å². The quantitative estimate of drug-likeness (QED) is 0.633. The monoisotopic (exact) mass is 242 g/mol. The van der Waals surface area contributed by atoms with Crippen molar-refractivity contribution in [2.75, 3.05) is 26.8 Å². The van der Waals surface area contributed by atoms with Crippen molar-refractivity contribution in [2.24, 2.45) is 11.1 Å². The standard InChI is InChI=1S/C13H26N2O2/c1-17-10-6-2-5-9-15-12(16)13(11-14)7-3-4-8-13/h2-11,14H2,1H3,(H,15,16). The Labute approximate surface area is 104 Å². The minimum Gasteiger partial charge on any atom is -0.385 e. The number of ether oxygens (including phenoxy) is 1. The first-order valence-electron chi connectivity index (χ1n) is 6.72. The van der Waals surface area contributed by atoms with E-state index in [0.717, 1.165) is 58.1 Å². The fourth-order valence-electron chi connectivity index (χ4n) is 2.51. The van der Waals surface area contributed by atoms with Gasteiger partial charge in [-0.3, -0.25) is 4.79 Å². The van der Waals surface area contributed by atoms with Crippen molar-refractivity contribution < 1.29 is 9.53 Å². The molecule has 0 saturated heterocycles. The van der Waals surface area contributed by atoms with Crippen LogP contribution in [0.25, 0.3) is 0 Å². The Balaban J connectivity index is 2.15. The summed E-state index contributed by atoms with van der Waals surface area (Å²) in [6.07, 6.45) is 7.38. The molecule has 3 N–H and O–H groups in total. The van der Waals surface area contributed by atoms with Crippen LogP contribution in [0.2, 0.25) is 0 Å².